The van der Waals surface area contributed by atoms with E-state index in [4.69, 9.17) is 9.15 Å². The fraction of sp³-hybridized carbons (Fsp3) is 0.867. The van der Waals surface area contributed by atoms with Gasteiger partial charge in [0.15, 0.2) is 0 Å². The van der Waals surface area contributed by atoms with Crippen LogP contribution in [0.5, 0.6) is 0 Å². The second-order valence-electron chi connectivity index (χ2n) is 7.20. The largest absolute Gasteiger partial charge is 0.423 e. The Labute approximate surface area is 120 Å². The molecule has 0 N–H and O–H groups in total. The first kappa shape index (κ1) is 14.0. The molecule has 0 radical (unpaired) electrons. The molecule has 0 atom stereocenters. The van der Waals surface area contributed by atoms with Crippen molar-refractivity contribution in [3.05, 3.63) is 11.8 Å². The number of ether oxygens (including phenoxy) is 1. The lowest BCUT2D eigenvalue weighted by molar-refractivity contribution is -0.108. The molecule has 3 rings (SSSR count). The van der Waals surface area contributed by atoms with E-state index >= 15 is 0 Å². The van der Waals surface area contributed by atoms with Gasteiger partial charge in [0.2, 0.25) is 11.8 Å². The first-order valence-electron chi connectivity index (χ1n) is 7.66. The van der Waals surface area contributed by atoms with E-state index in [1.807, 2.05) is 0 Å². The molecule has 1 saturated carbocycles. The number of aromatic nitrogens is 2. The zero-order valence-corrected chi connectivity index (χ0v) is 12.8. The van der Waals surface area contributed by atoms with Gasteiger partial charge in [-0.3, -0.25) is 4.90 Å². The molecule has 2 heterocycles. The molecule has 112 valence electrons. The average molecular weight is 279 g/mol. The third-order valence-electron chi connectivity index (χ3n) is 4.31. The van der Waals surface area contributed by atoms with Crippen LogP contribution in [-0.2, 0) is 16.7 Å². The number of morpholine rings is 1. The summed E-state index contributed by atoms with van der Waals surface area (Å²) in [5.41, 5.74) is 0.0219. The van der Waals surface area contributed by atoms with E-state index in [0.717, 1.165) is 38.0 Å². The summed E-state index contributed by atoms with van der Waals surface area (Å²) < 4.78 is 11.8. The van der Waals surface area contributed by atoms with E-state index in [2.05, 4.69) is 35.9 Å². The summed E-state index contributed by atoms with van der Waals surface area (Å²) in [6.07, 6.45) is 4.98. The molecule has 2 fully saturated rings. The Bertz CT molecular complexity index is 458. The van der Waals surface area contributed by atoms with Crippen molar-refractivity contribution in [3.63, 3.8) is 0 Å². The Kier molecular flexibility index (Phi) is 3.58. The highest BCUT2D eigenvalue weighted by atomic mass is 16.5. The molecule has 2 aliphatic rings. The summed E-state index contributed by atoms with van der Waals surface area (Å²) in [7, 11) is 0. The van der Waals surface area contributed by atoms with Crippen molar-refractivity contribution in [2.45, 2.75) is 64.0 Å². The van der Waals surface area contributed by atoms with Crippen molar-refractivity contribution in [2.24, 2.45) is 0 Å². The molecule has 0 bridgehead atoms. The lowest BCUT2D eigenvalue weighted by Gasteiger charge is -2.40. The summed E-state index contributed by atoms with van der Waals surface area (Å²) in [4.78, 5) is 2.40. The van der Waals surface area contributed by atoms with E-state index in [-0.39, 0.29) is 11.0 Å². The first-order valence-corrected chi connectivity index (χ1v) is 7.66. The topological polar surface area (TPSA) is 51.4 Å². The molecule has 1 spiro atoms. The molecule has 1 aromatic heterocycles. The van der Waals surface area contributed by atoms with E-state index in [0.29, 0.717) is 0 Å². The van der Waals surface area contributed by atoms with Crippen LogP contribution in [0.2, 0.25) is 0 Å². The van der Waals surface area contributed by atoms with Gasteiger partial charge in [-0.1, -0.05) is 33.6 Å². The number of rotatable bonds is 2. The Balaban J connectivity index is 1.64. The van der Waals surface area contributed by atoms with Gasteiger partial charge in [-0.25, -0.2) is 0 Å². The SMILES string of the molecule is CC(C)(C)c1nnc(CN2CCOC3(CCCC3)C2)o1. The highest BCUT2D eigenvalue weighted by molar-refractivity contribution is 4.97. The van der Waals surface area contributed by atoms with Crippen LogP contribution in [0.1, 0.15) is 58.2 Å². The molecule has 1 aliphatic heterocycles. The second-order valence-corrected chi connectivity index (χ2v) is 7.20. The average Bonchev–Trinajstić information content (AvgIpc) is 2.99. The monoisotopic (exact) mass is 279 g/mol. The highest BCUT2D eigenvalue weighted by Crippen LogP contribution is 2.36. The molecule has 1 aliphatic carbocycles. The van der Waals surface area contributed by atoms with Gasteiger partial charge < -0.3 is 9.15 Å². The van der Waals surface area contributed by atoms with Gasteiger partial charge in [-0.15, -0.1) is 10.2 Å². The Morgan fingerprint density at radius 3 is 2.60 bits per heavy atom. The van der Waals surface area contributed by atoms with Gasteiger partial charge in [0, 0.05) is 18.5 Å². The third-order valence-corrected chi connectivity index (χ3v) is 4.31. The van der Waals surface area contributed by atoms with Gasteiger partial charge in [-0.2, -0.15) is 0 Å². The quantitative estimate of drug-likeness (QED) is 0.832. The van der Waals surface area contributed by atoms with Crippen LogP contribution >= 0.6 is 0 Å². The molecular weight excluding hydrogens is 254 g/mol. The van der Waals surface area contributed by atoms with Crippen LogP contribution in [0.3, 0.4) is 0 Å². The van der Waals surface area contributed by atoms with Gasteiger partial charge in [0.05, 0.1) is 18.8 Å². The first-order chi connectivity index (χ1) is 9.47. The summed E-state index contributed by atoms with van der Waals surface area (Å²) in [6.45, 7) is 9.79. The minimum absolute atomic E-state index is 0.0804. The molecule has 1 aromatic rings. The van der Waals surface area contributed by atoms with E-state index in [9.17, 15) is 0 Å². The van der Waals surface area contributed by atoms with Crippen LogP contribution in [0.25, 0.3) is 0 Å². The maximum Gasteiger partial charge on any atom is 0.230 e. The van der Waals surface area contributed by atoms with Crippen molar-refractivity contribution in [1.29, 1.82) is 0 Å². The lowest BCUT2D eigenvalue weighted by atomic mass is 9.97. The molecule has 1 saturated heterocycles. The van der Waals surface area contributed by atoms with Crippen molar-refractivity contribution >= 4 is 0 Å². The second kappa shape index (κ2) is 5.11. The van der Waals surface area contributed by atoms with Crippen LogP contribution in [0.4, 0.5) is 0 Å². The molecule has 0 aromatic carbocycles. The van der Waals surface area contributed by atoms with E-state index < -0.39 is 0 Å². The predicted octanol–water partition coefficient (Wildman–Crippen LogP) is 2.51. The van der Waals surface area contributed by atoms with Crippen LogP contribution in [-0.4, -0.2) is 40.4 Å². The summed E-state index contributed by atoms with van der Waals surface area (Å²) >= 11 is 0. The zero-order valence-electron chi connectivity index (χ0n) is 12.8. The molecule has 20 heavy (non-hydrogen) atoms. The fourth-order valence-corrected chi connectivity index (χ4v) is 3.19. The summed E-state index contributed by atoms with van der Waals surface area (Å²) in [5.74, 6) is 1.45. The fourth-order valence-electron chi connectivity index (χ4n) is 3.19. The number of nitrogens with zero attached hydrogens (tertiary/aromatic N) is 3. The molecule has 5 nitrogen and oxygen atoms in total. The molecule has 0 unspecified atom stereocenters. The lowest BCUT2D eigenvalue weighted by Crippen LogP contribution is -2.49. The number of hydrogen-bond acceptors (Lipinski definition) is 5. The van der Waals surface area contributed by atoms with E-state index in [1.54, 1.807) is 0 Å². The Morgan fingerprint density at radius 2 is 1.95 bits per heavy atom. The maximum absolute atomic E-state index is 6.05. The maximum atomic E-state index is 6.05. The normalized spacial score (nSPS) is 23.6. The molecular formula is C15H25N3O2. The van der Waals surface area contributed by atoms with Gasteiger partial charge in [-0.05, 0) is 12.8 Å². The third kappa shape index (κ3) is 2.88. The van der Waals surface area contributed by atoms with Gasteiger partial charge >= 0.3 is 0 Å². The van der Waals surface area contributed by atoms with Crippen molar-refractivity contribution in [1.82, 2.24) is 15.1 Å². The Morgan fingerprint density at radius 1 is 1.20 bits per heavy atom. The standard InChI is InChI=1S/C15H25N3O2/c1-14(2,3)13-17-16-12(20-13)10-18-8-9-19-15(11-18)6-4-5-7-15/h4-11H2,1-3H3. The molecule has 0 amide bonds. The van der Waals surface area contributed by atoms with E-state index in [1.165, 1.54) is 25.7 Å². The van der Waals surface area contributed by atoms with Crippen LogP contribution in [0.15, 0.2) is 4.42 Å². The van der Waals surface area contributed by atoms with Crippen molar-refractivity contribution in [3.8, 4) is 0 Å². The summed E-state index contributed by atoms with van der Waals surface area (Å²) in [6, 6.07) is 0. The van der Waals surface area contributed by atoms with Gasteiger partial charge in [0.25, 0.3) is 0 Å². The predicted molar refractivity (Wildman–Crippen MR) is 75.4 cm³/mol. The smallest absolute Gasteiger partial charge is 0.230 e. The van der Waals surface area contributed by atoms with Crippen LogP contribution in [0, 0.1) is 0 Å². The molecule has 5 heteroatoms. The van der Waals surface area contributed by atoms with Gasteiger partial charge in [0.1, 0.15) is 0 Å². The number of hydrogen-bond donors (Lipinski definition) is 0. The summed E-state index contributed by atoms with van der Waals surface area (Å²) in [5, 5.41) is 8.36. The zero-order chi connectivity index (χ0) is 14.2. The van der Waals surface area contributed by atoms with Crippen LogP contribution < -0.4 is 0 Å². The highest BCUT2D eigenvalue weighted by Gasteiger charge is 2.39. The Hall–Kier alpha value is -0.940. The van der Waals surface area contributed by atoms with Crippen molar-refractivity contribution < 1.29 is 9.15 Å². The minimum atomic E-state index is -0.0804. The van der Waals surface area contributed by atoms with Crippen molar-refractivity contribution in [2.75, 3.05) is 19.7 Å². The minimum Gasteiger partial charge on any atom is -0.423 e.